The molecule has 0 saturated carbocycles. The van der Waals surface area contributed by atoms with Crippen LogP contribution >= 0.6 is 11.8 Å². The van der Waals surface area contributed by atoms with E-state index in [9.17, 15) is 9.59 Å². The van der Waals surface area contributed by atoms with Gasteiger partial charge in [0.05, 0.1) is 35.2 Å². The summed E-state index contributed by atoms with van der Waals surface area (Å²) in [5.74, 6) is -0.422. The van der Waals surface area contributed by atoms with Crippen molar-refractivity contribution in [3.05, 3.63) is 65.9 Å². The molecule has 2 aromatic carbocycles. The van der Waals surface area contributed by atoms with Crippen molar-refractivity contribution < 1.29 is 14.3 Å². The van der Waals surface area contributed by atoms with E-state index in [1.54, 1.807) is 0 Å². The molecule has 1 aliphatic heterocycles. The molecule has 0 aromatic heterocycles. The SMILES string of the molecule is CC[C@H](SC1=Nc2ccccc2NC(CC(=O)OC)=C1)C(=O)Nc1ccccc1C. The number of benzene rings is 2. The Bertz CT molecular complexity index is 1000. The van der Waals surface area contributed by atoms with E-state index in [-0.39, 0.29) is 23.5 Å². The quantitative estimate of drug-likeness (QED) is 0.636. The lowest BCUT2D eigenvalue weighted by Crippen LogP contribution is -2.26. The number of hydrogen-bond acceptors (Lipinski definition) is 6. The summed E-state index contributed by atoms with van der Waals surface area (Å²) < 4.78 is 4.80. The normalized spacial score (nSPS) is 13.7. The molecule has 0 fully saturated rings. The number of nitrogens with one attached hydrogen (secondary N) is 2. The standard InChI is InChI=1S/C23H25N3O3S/c1-4-20(23(28)26-17-10-6-5-9-15(17)2)30-21-13-16(14-22(27)29-3)24-18-11-7-8-12-19(18)25-21/h5-13,20,24H,4,14H2,1-3H3,(H,26,28)/t20-/m0/s1. The fourth-order valence-electron chi connectivity index (χ4n) is 2.96. The number of aliphatic imine (C=N–C) groups is 1. The summed E-state index contributed by atoms with van der Waals surface area (Å²) in [5.41, 5.74) is 4.05. The largest absolute Gasteiger partial charge is 0.469 e. The van der Waals surface area contributed by atoms with Crippen molar-refractivity contribution in [2.75, 3.05) is 17.7 Å². The van der Waals surface area contributed by atoms with Gasteiger partial charge in [0, 0.05) is 11.4 Å². The highest BCUT2D eigenvalue weighted by Gasteiger charge is 2.22. The van der Waals surface area contributed by atoms with Crippen LogP contribution < -0.4 is 10.6 Å². The highest BCUT2D eigenvalue weighted by molar-refractivity contribution is 8.15. The molecule has 0 unspecified atom stereocenters. The smallest absolute Gasteiger partial charge is 0.311 e. The second-order valence-electron chi connectivity index (χ2n) is 6.83. The molecule has 7 heteroatoms. The molecule has 1 amide bonds. The van der Waals surface area contributed by atoms with Crippen molar-refractivity contribution in [2.24, 2.45) is 4.99 Å². The summed E-state index contributed by atoms with van der Waals surface area (Å²) in [7, 11) is 1.36. The Kier molecular flexibility index (Phi) is 7.30. The van der Waals surface area contributed by atoms with E-state index in [4.69, 9.17) is 9.73 Å². The molecule has 2 N–H and O–H groups in total. The van der Waals surface area contributed by atoms with E-state index in [0.717, 1.165) is 22.6 Å². The molecule has 1 aliphatic rings. The number of aryl methyl sites for hydroxylation is 1. The first kappa shape index (κ1) is 21.6. The van der Waals surface area contributed by atoms with Crippen LogP contribution in [0.2, 0.25) is 0 Å². The fraction of sp³-hybridized carbons (Fsp3) is 0.261. The fourth-order valence-corrected chi connectivity index (χ4v) is 3.95. The first-order valence-electron chi connectivity index (χ1n) is 9.75. The van der Waals surface area contributed by atoms with Gasteiger partial charge in [-0.05, 0) is 43.2 Å². The van der Waals surface area contributed by atoms with Gasteiger partial charge in [-0.2, -0.15) is 0 Å². The maximum atomic E-state index is 12.9. The molecule has 0 bridgehead atoms. The molecule has 6 nitrogen and oxygen atoms in total. The number of nitrogens with zero attached hydrogens (tertiary/aromatic N) is 1. The summed E-state index contributed by atoms with van der Waals surface area (Å²) in [6, 6.07) is 15.3. The van der Waals surface area contributed by atoms with Crippen molar-refractivity contribution >= 4 is 45.7 Å². The number of methoxy groups -OCH3 is 1. The van der Waals surface area contributed by atoms with Crippen molar-refractivity contribution in [1.29, 1.82) is 0 Å². The second-order valence-corrected chi connectivity index (χ2v) is 8.06. The number of ether oxygens (including phenoxy) is 1. The molecule has 0 aliphatic carbocycles. The van der Waals surface area contributed by atoms with Crippen LogP contribution in [0, 0.1) is 6.92 Å². The monoisotopic (exact) mass is 423 g/mol. The number of amides is 1. The maximum absolute atomic E-state index is 12.9. The van der Waals surface area contributed by atoms with Crippen LogP contribution in [0.1, 0.15) is 25.3 Å². The van der Waals surface area contributed by atoms with Gasteiger partial charge in [-0.1, -0.05) is 49.0 Å². The van der Waals surface area contributed by atoms with Gasteiger partial charge in [-0.3, -0.25) is 9.59 Å². The molecule has 1 heterocycles. The van der Waals surface area contributed by atoms with Crippen LogP contribution in [-0.2, 0) is 14.3 Å². The predicted octanol–water partition coefficient (Wildman–Crippen LogP) is 5.05. The van der Waals surface area contributed by atoms with Gasteiger partial charge in [0.1, 0.15) is 0 Å². The summed E-state index contributed by atoms with van der Waals surface area (Å²) in [4.78, 5) is 29.5. The third kappa shape index (κ3) is 5.51. The van der Waals surface area contributed by atoms with Crippen LogP contribution in [0.15, 0.2) is 65.3 Å². The van der Waals surface area contributed by atoms with Gasteiger partial charge in [0.2, 0.25) is 5.91 Å². The zero-order valence-corrected chi connectivity index (χ0v) is 18.1. The Morgan fingerprint density at radius 3 is 2.63 bits per heavy atom. The molecule has 1 atom stereocenters. The van der Waals surface area contributed by atoms with Crippen LogP contribution in [0.3, 0.4) is 0 Å². The van der Waals surface area contributed by atoms with Gasteiger partial charge in [-0.15, -0.1) is 0 Å². The Hall–Kier alpha value is -3.06. The number of para-hydroxylation sites is 3. The Balaban J connectivity index is 1.84. The average molecular weight is 424 g/mol. The van der Waals surface area contributed by atoms with Crippen LogP contribution in [-0.4, -0.2) is 29.3 Å². The minimum atomic E-state index is -0.346. The molecule has 0 radical (unpaired) electrons. The molecule has 3 rings (SSSR count). The lowest BCUT2D eigenvalue weighted by molar-refractivity contribution is -0.139. The molecular weight excluding hydrogens is 398 g/mol. The number of thioether (sulfide) groups is 1. The Morgan fingerprint density at radius 2 is 1.90 bits per heavy atom. The molecule has 0 spiro atoms. The van der Waals surface area contributed by atoms with E-state index in [1.807, 2.05) is 68.5 Å². The minimum Gasteiger partial charge on any atom is -0.469 e. The summed E-state index contributed by atoms with van der Waals surface area (Å²) in [6.07, 6.45) is 2.54. The van der Waals surface area contributed by atoms with Crippen LogP contribution in [0.5, 0.6) is 0 Å². The van der Waals surface area contributed by atoms with Gasteiger partial charge >= 0.3 is 5.97 Å². The third-order valence-electron chi connectivity index (χ3n) is 4.62. The van der Waals surface area contributed by atoms with Crippen molar-refractivity contribution in [3.63, 3.8) is 0 Å². The highest BCUT2D eigenvalue weighted by atomic mass is 32.2. The van der Waals surface area contributed by atoms with E-state index in [0.29, 0.717) is 17.2 Å². The maximum Gasteiger partial charge on any atom is 0.311 e. The lowest BCUT2D eigenvalue weighted by Gasteiger charge is -2.16. The number of anilines is 2. The first-order chi connectivity index (χ1) is 14.5. The highest BCUT2D eigenvalue weighted by Crippen LogP contribution is 2.32. The van der Waals surface area contributed by atoms with Gasteiger partial charge < -0.3 is 15.4 Å². The second kappa shape index (κ2) is 10.1. The third-order valence-corrected chi connectivity index (χ3v) is 5.90. The number of fused-ring (bicyclic) bond motifs is 1. The molecule has 0 saturated heterocycles. The number of hydrogen-bond donors (Lipinski definition) is 2. The summed E-state index contributed by atoms with van der Waals surface area (Å²) in [5, 5.41) is 6.60. The molecule has 30 heavy (non-hydrogen) atoms. The number of esters is 1. The van der Waals surface area contributed by atoms with E-state index in [1.165, 1.54) is 18.9 Å². The first-order valence-corrected chi connectivity index (χ1v) is 10.6. The molecule has 2 aromatic rings. The number of carbonyl (C=O) groups excluding carboxylic acids is 2. The zero-order valence-electron chi connectivity index (χ0n) is 17.3. The minimum absolute atomic E-state index is 0.0760. The van der Waals surface area contributed by atoms with Crippen LogP contribution in [0.25, 0.3) is 0 Å². The molecular formula is C23H25N3O3S. The van der Waals surface area contributed by atoms with E-state index < -0.39 is 0 Å². The summed E-state index contributed by atoms with van der Waals surface area (Å²) >= 11 is 1.38. The Morgan fingerprint density at radius 1 is 1.17 bits per heavy atom. The van der Waals surface area contributed by atoms with Gasteiger partial charge in [0.25, 0.3) is 0 Å². The van der Waals surface area contributed by atoms with Crippen molar-refractivity contribution in [3.8, 4) is 0 Å². The van der Waals surface area contributed by atoms with E-state index >= 15 is 0 Å². The molecule has 156 valence electrons. The van der Waals surface area contributed by atoms with Gasteiger partial charge in [0.15, 0.2) is 0 Å². The number of rotatable bonds is 6. The Labute approximate surface area is 180 Å². The lowest BCUT2D eigenvalue weighted by atomic mass is 10.2. The predicted molar refractivity (Wildman–Crippen MR) is 123 cm³/mol. The zero-order chi connectivity index (χ0) is 21.5. The topological polar surface area (TPSA) is 79.8 Å². The number of carbonyl (C=O) groups is 2. The van der Waals surface area contributed by atoms with Crippen molar-refractivity contribution in [2.45, 2.75) is 31.9 Å². The summed E-state index contributed by atoms with van der Waals surface area (Å²) in [6.45, 7) is 3.93. The van der Waals surface area contributed by atoms with E-state index in [2.05, 4.69) is 10.6 Å². The van der Waals surface area contributed by atoms with Crippen LogP contribution in [0.4, 0.5) is 17.1 Å². The van der Waals surface area contributed by atoms with Crippen molar-refractivity contribution in [1.82, 2.24) is 0 Å². The average Bonchev–Trinajstić information content (AvgIpc) is 2.91. The van der Waals surface area contributed by atoms with Gasteiger partial charge in [-0.25, -0.2) is 4.99 Å².